The minimum atomic E-state index is -1.06. The highest BCUT2D eigenvalue weighted by Crippen LogP contribution is 2.34. The maximum absolute atomic E-state index is 12.0. The Labute approximate surface area is 110 Å². The molecule has 0 bridgehead atoms. The van der Waals surface area contributed by atoms with Crippen LogP contribution in [-0.2, 0) is 16.0 Å². The van der Waals surface area contributed by atoms with Crippen LogP contribution in [0.5, 0.6) is 5.75 Å². The fraction of sp³-hybridized carbons (Fsp3) is 0.385. The molecule has 0 saturated carbocycles. The summed E-state index contributed by atoms with van der Waals surface area (Å²) in [5.41, 5.74) is 6.94. The molecule has 6 heteroatoms. The van der Waals surface area contributed by atoms with Gasteiger partial charge in [-0.2, -0.15) is 0 Å². The third kappa shape index (κ3) is 2.68. The molecule has 1 aromatic carbocycles. The monoisotopic (exact) mass is 264 g/mol. The van der Waals surface area contributed by atoms with Gasteiger partial charge in [-0.3, -0.25) is 14.5 Å². The van der Waals surface area contributed by atoms with E-state index in [4.69, 9.17) is 15.6 Å². The van der Waals surface area contributed by atoms with E-state index in [0.717, 1.165) is 5.56 Å². The Morgan fingerprint density at radius 2 is 2.26 bits per heavy atom. The molecular formula is C13H16N2O4. The average molecular weight is 264 g/mol. The van der Waals surface area contributed by atoms with Crippen molar-refractivity contribution in [2.45, 2.75) is 19.4 Å². The highest BCUT2D eigenvalue weighted by atomic mass is 16.5. The summed E-state index contributed by atoms with van der Waals surface area (Å²) >= 11 is 0. The molecule has 0 spiro atoms. The van der Waals surface area contributed by atoms with Gasteiger partial charge < -0.3 is 15.6 Å². The number of aliphatic carboxylic acids is 1. The van der Waals surface area contributed by atoms with Crippen molar-refractivity contribution < 1.29 is 19.4 Å². The van der Waals surface area contributed by atoms with Crippen molar-refractivity contribution in [1.82, 2.24) is 0 Å². The zero-order valence-electron chi connectivity index (χ0n) is 10.6. The van der Waals surface area contributed by atoms with Gasteiger partial charge in [-0.15, -0.1) is 0 Å². The van der Waals surface area contributed by atoms with Crippen LogP contribution in [0.15, 0.2) is 18.2 Å². The summed E-state index contributed by atoms with van der Waals surface area (Å²) in [7, 11) is 0. The van der Waals surface area contributed by atoms with Crippen LogP contribution < -0.4 is 15.4 Å². The van der Waals surface area contributed by atoms with Crippen molar-refractivity contribution >= 4 is 17.6 Å². The highest BCUT2D eigenvalue weighted by Gasteiger charge is 2.32. The molecule has 1 aliphatic heterocycles. The second kappa shape index (κ2) is 5.27. The van der Waals surface area contributed by atoms with Gasteiger partial charge in [0.25, 0.3) is 5.91 Å². The Hall–Kier alpha value is -2.08. The maximum atomic E-state index is 12.0. The first-order chi connectivity index (χ1) is 9.02. The van der Waals surface area contributed by atoms with Crippen LogP contribution in [0.3, 0.4) is 0 Å². The van der Waals surface area contributed by atoms with Crippen molar-refractivity contribution in [1.29, 1.82) is 0 Å². The summed E-state index contributed by atoms with van der Waals surface area (Å²) in [5.74, 6) is -0.883. The quantitative estimate of drug-likeness (QED) is 0.820. The third-order valence-corrected chi connectivity index (χ3v) is 2.96. The molecule has 6 nitrogen and oxygen atoms in total. The number of hydrogen-bond donors (Lipinski definition) is 2. The smallest absolute Gasteiger partial charge is 0.323 e. The number of carbonyl (C=O) groups excluding carboxylic acids is 1. The van der Waals surface area contributed by atoms with Gasteiger partial charge in [0.1, 0.15) is 12.3 Å². The third-order valence-electron chi connectivity index (χ3n) is 2.96. The number of fused-ring (bicyclic) bond motifs is 1. The second-order valence-corrected chi connectivity index (χ2v) is 4.42. The number of carboxylic acid groups (broad SMARTS) is 1. The first kappa shape index (κ1) is 13.4. The molecule has 0 aromatic heterocycles. The van der Waals surface area contributed by atoms with Gasteiger partial charge in [-0.05, 0) is 37.6 Å². The van der Waals surface area contributed by atoms with E-state index < -0.39 is 12.1 Å². The minimum absolute atomic E-state index is 0.347. The topological polar surface area (TPSA) is 92.9 Å². The molecule has 102 valence electrons. The molecule has 1 aromatic rings. The Morgan fingerprint density at radius 3 is 2.89 bits per heavy atom. The van der Waals surface area contributed by atoms with Crippen LogP contribution in [0.25, 0.3) is 0 Å². The molecule has 19 heavy (non-hydrogen) atoms. The van der Waals surface area contributed by atoms with Crippen LogP contribution in [0.1, 0.15) is 12.5 Å². The number of hydrogen-bond acceptors (Lipinski definition) is 4. The Morgan fingerprint density at radius 1 is 1.53 bits per heavy atom. The molecular weight excluding hydrogens is 248 g/mol. The first-order valence-electron chi connectivity index (χ1n) is 6.05. The van der Waals surface area contributed by atoms with Crippen LogP contribution in [0.4, 0.5) is 5.69 Å². The fourth-order valence-corrected chi connectivity index (χ4v) is 2.07. The van der Waals surface area contributed by atoms with E-state index in [0.29, 0.717) is 24.4 Å². The summed E-state index contributed by atoms with van der Waals surface area (Å²) < 4.78 is 5.47. The summed E-state index contributed by atoms with van der Waals surface area (Å²) in [6.45, 7) is 1.72. The normalized spacial score (nSPS) is 17.9. The predicted octanol–water partition coefficient (Wildman–Crippen LogP) is 0.386. The van der Waals surface area contributed by atoms with Crippen molar-refractivity contribution in [2.24, 2.45) is 5.73 Å². The number of rotatable bonds is 4. The highest BCUT2D eigenvalue weighted by molar-refractivity contribution is 6.02. The number of benzene rings is 1. The Bertz CT molecular complexity index is 515. The molecule has 1 amide bonds. The largest absolute Gasteiger partial charge is 0.480 e. The number of anilines is 1. The summed E-state index contributed by atoms with van der Waals surface area (Å²) in [6, 6.07) is 5.38. The number of ether oxygens (including phenoxy) is 1. The fourth-order valence-electron chi connectivity index (χ4n) is 2.07. The molecule has 0 saturated heterocycles. The van der Waals surface area contributed by atoms with Gasteiger partial charge in [0.2, 0.25) is 0 Å². The van der Waals surface area contributed by atoms with E-state index in [1.165, 1.54) is 4.90 Å². The molecule has 1 heterocycles. The lowest BCUT2D eigenvalue weighted by Gasteiger charge is -2.32. The predicted molar refractivity (Wildman–Crippen MR) is 69.3 cm³/mol. The van der Waals surface area contributed by atoms with E-state index in [1.54, 1.807) is 19.1 Å². The zero-order valence-corrected chi connectivity index (χ0v) is 10.6. The van der Waals surface area contributed by atoms with Crippen LogP contribution in [0, 0.1) is 0 Å². The lowest BCUT2D eigenvalue weighted by Crippen LogP contribution is -2.46. The minimum Gasteiger partial charge on any atom is -0.480 e. The zero-order chi connectivity index (χ0) is 14.0. The van der Waals surface area contributed by atoms with Gasteiger partial charge in [0, 0.05) is 0 Å². The van der Waals surface area contributed by atoms with Crippen LogP contribution in [0.2, 0.25) is 0 Å². The van der Waals surface area contributed by atoms with Gasteiger partial charge in [0.05, 0.1) is 5.69 Å². The van der Waals surface area contributed by atoms with E-state index in [9.17, 15) is 9.59 Å². The van der Waals surface area contributed by atoms with Crippen molar-refractivity contribution in [3.8, 4) is 5.75 Å². The second-order valence-electron chi connectivity index (χ2n) is 4.42. The molecule has 3 N–H and O–H groups in total. The Kier molecular flexibility index (Phi) is 3.71. The maximum Gasteiger partial charge on any atom is 0.323 e. The van der Waals surface area contributed by atoms with E-state index in [2.05, 4.69) is 0 Å². The van der Waals surface area contributed by atoms with Crippen LogP contribution >= 0.6 is 0 Å². The molecule has 1 aliphatic rings. The molecule has 1 atom stereocenters. The SMILES string of the molecule is CC1Oc2ccc(CCN)cc2N(CC(=O)O)C1=O. The van der Waals surface area contributed by atoms with E-state index in [-0.39, 0.29) is 12.5 Å². The number of nitrogens with zero attached hydrogens (tertiary/aromatic N) is 1. The number of nitrogens with two attached hydrogens (primary N) is 1. The molecule has 2 rings (SSSR count). The number of carbonyl (C=O) groups is 2. The summed E-state index contributed by atoms with van der Waals surface area (Å²) in [6.07, 6.45) is -0.00926. The molecule has 1 unspecified atom stereocenters. The van der Waals surface area contributed by atoms with Crippen molar-refractivity contribution in [3.05, 3.63) is 23.8 Å². The van der Waals surface area contributed by atoms with Gasteiger partial charge >= 0.3 is 5.97 Å². The average Bonchev–Trinajstić information content (AvgIpc) is 2.36. The lowest BCUT2D eigenvalue weighted by molar-refractivity contribution is -0.137. The molecule has 0 fully saturated rings. The standard InChI is InChI=1S/C13H16N2O4/c1-8-13(18)15(7-12(16)17)10-6-9(4-5-14)2-3-11(10)19-8/h2-3,6,8H,4-5,7,14H2,1H3,(H,16,17). The van der Waals surface area contributed by atoms with E-state index >= 15 is 0 Å². The molecule has 0 aliphatic carbocycles. The first-order valence-corrected chi connectivity index (χ1v) is 6.05. The Balaban J connectivity index is 2.41. The summed E-state index contributed by atoms with van der Waals surface area (Å²) in [5, 5.41) is 8.91. The summed E-state index contributed by atoms with van der Waals surface area (Å²) in [4.78, 5) is 24.1. The lowest BCUT2D eigenvalue weighted by atomic mass is 10.1. The van der Waals surface area contributed by atoms with Crippen LogP contribution in [-0.4, -0.2) is 36.2 Å². The van der Waals surface area contributed by atoms with Gasteiger partial charge in [0.15, 0.2) is 6.10 Å². The van der Waals surface area contributed by atoms with E-state index in [1.807, 2.05) is 6.07 Å². The number of carboxylic acids is 1. The van der Waals surface area contributed by atoms with Crippen molar-refractivity contribution in [2.75, 3.05) is 18.0 Å². The van der Waals surface area contributed by atoms with Crippen molar-refractivity contribution in [3.63, 3.8) is 0 Å². The van der Waals surface area contributed by atoms with Gasteiger partial charge in [-0.1, -0.05) is 6.07 Å². The molecule has 0 radical (unpaired) electrons. The number of amides is 1. The van der Waals surface area contributed by atoms with Gasteiger partial charge in [-0.25, -0.2) is 0 Å².